The molecule has 0 saturated carbocycles. The number of benzene rings is 1. The van der Waals surface area contributed by atoms with Gasteiger partial charge in [-0.05, 0) is 18.6 Å². The topological polar surface area (TPSA) is 38.3 Å². The molecule has 1 aromatic carbocycles. The van der Waals surface area contributed by atoms with Crippen LogP contribution < -0.4 is 10.1 Å². The largest absolute Gasteiger partial charge is 0.494 e. The van der Waals surface area contributed by atoms with E-state index in [-0.39, 0.29) is 5.91 Å². The molecule has 0 radical (unpaired) electrons. The van der Waals surface area contributed by atoms with Gasteiger partial charge in [-0.2, -0.15) is 0 Å². The number of para-hydroxylation sites is 1. The van der Waals surface area contributed by atoms with E-state index in [0.29, 0.717) is 19.6 Å². The molecule has 1 N–H and O–H groups in total. The summed E-state index contributed by atoms with van der Waals surface area (Å²) in [6.45, 7) is 4.62. The summed E-state index contributed by atoms with van der Waals surface area (Å²) in [4.78, 5) is 11.2. The van der Waals surface area contributed by atoms with Crippen molar-refractivity contribution in [2.24, 2.45) is 0 Å². The first-order valence-electron chi connectivity index (χ1n) is 5.38. The summed E-state index contributed by atoms with van der Waals surface area (Å²) in [5, 5.41) is 2.72. The summed E-state index contributed by atoms with van der Waals surface area (Å²) in [6, 6.07) is 9.59. The number of hydrogen-bond acceptors (Lipinski definition) is 2. The van der Waals surface area contributed by atoms with Crippen LogP contribution in [-0.4, -0.2) is 19.1 Å². The lowest BCUT2D eigenvalue weighted by atomic mass is 10.3. The van der Waals surface area contributed by atoms with Gasteiger partial charge in [0.25, 0.3) is 0 Å². The van der Waals surface area contributed by atoms with E-state index in [1.807, 2.05) is 30.3 Å². The van der Waals surface area contributed by atoms with Crippen LogP contribution in [0.25, 0.3) is 0 Å². The van der Waals surface area contributed by atoms with Crippen molar-refractivity contribution in [1.82, 2.24) is 5.32 Å². The minimum absolute atomic E-state index is 0.0385. The fourth-order valence-corrected chi connectivity index (χ4v) is 1.21. The molecule has 0 bridgehead atoms. The van der Waals surface area contributed by atoms with E-state index in [4.69, 9.17) is 4.74 Å². The lowest BCUT2D eigenvalue weighted by molar-refractivity contribution is -0.121. The molecule has 1 rings (SSSR count). The summed E-state index contributed by atoms with van der Waals surface area (Å²) in [6.07, 6.45) is 2.87. The molecule has 3 heteroatoms. The van der Waals surface area contributed by atoms with Crippen LogP contribution in [0, 0.1) is 0 Å². The Labute approximate surface area is 96.1 Å². The summed E-state index contributed by atoms with van der Waals surface area (Å²) in [7, 11) is 0. The van der Waals surface area contributed by atoms with Crippen molar-refractivity contribution in [1.29, 1.82) is 0 Å². The summed E-state index contributed by atoms with van der Waals surface area (Å²) in [5.74, 6) is 0.880. The highest BCUT2D eigenvalue weighted by molar-refractivity contribution is 5.75. The Morgan fingerprint density at radius 3 is 2.81 bits per heavy atom. The maximum atomic E-state index is 11.2. The van der Waals surface area contributed by atoms with Crippen molar-refractivity contribution < 1.29 is 9.53 Å². The number of hydrogen-bond donors (Lipinski definition) is 1. The smallest absolute Gasteiger partial charge is 0.220 e. The Balaban J connectivity index is 2.08. The lowest BCUT2D eigenvalue weighted by Crippen LogP contribution is -2.23. The zero-order valence-electron chi connectivity index (χ0n) is 9.32. The second kappa shape index (κ2) is 7.51. The van der Waals surface area contributed by atoms with Gasteiger partial charge in [-0.3, -0.25) is 4.79 Å². The van der Waals surface area contributed by atoms with Crippen molar-refractivity contribution in [3.05, 3.63) is 43.0 Å². The van der Waals surface area contributed by atoms with Gasteiger partial charge in [0, 0.05) is 13.0 Å². The van der Waals surface area contributed by atoms with Crippen molar-refractivity contribution >= 4 is 5.91 Å². The minimum Gasteiger partial charge on any atom is -0.494 e. The third-order valence-electron chi connectivity index (χ3n) is 2.00. The number of ether oxygens (including phenoxy) is 1. The minimum atomic E-state index is 0.0385. The fraction of sp³-hybridized carbons (Fsp3) is 0.308. The molecule has 86 valence electrons. The number of amides is 1. The first kappa shape index (κ1) is 12.3. The van der Waals surface area contributed by atoms with Crippen LogP contribution in [-0.2, 0) is 4.79 Å². The van der Waals surface area contributed by atoms with E-state index in [0.717, 1.165) is 12.2 Å². The van der Waals surface area contributed by atoms with Gasteiger partial charge < -0.3 is 10.1 Å². The maximum absolute atomic E-state index is 11.2. The molecule has 0 saturated heterocycles. The Morgan fingerprint density at radius 2 is 2.12 bits per heavy atom. The highest BCUT2D eigenvalue weighted by Gasteiger charge is 1.99. The third kappa shape index (κ3) is 5.20. The third-order valence-corrected chi connectivity index (χ3v) is 2.00. The quantitative estimate of drug-likeness (QED) is 0.563. The highest BCUT2D eigenvalue weighted by atomic mass is 16.5. The second-order valence-corrected chi connectivity index (χ2v) is 3.36. The lowest BCUT2D eigenvalue weighted by Gasteiger charge is -2.05. The molecular formula is C13H17NO2. The van der Waals surface area contributed by atoms with E-state index < -0.39 is 0 Å². The fourth-order valence-electron chi connectivity index (χ4n) is 1.21. The SMILES string of the molecule is C=CCNC(=O)CCCOc1ccccc1. The number of carbonyl (C=O) groups excluding carboxylic acids is 1. The Kier molecular flexibility index (Phi) is 5.78. The van der Waals surface area contributed by atoms with Crippen LogP contribution in [0.4, 0.5) is 0 Å². The van der Waals surface area contributed by atoms with Crippen molar-refractivity contribution in [3.63, 3.8) is 0 Å². The molecule has 0 heterocycles. The van der Waals surface area contributed by atoms with Gasteiger partial charge in [-0.25, -0.2) is 0 Å². The average Bonchev–Trinajstić information content (AvgIpc) is 2.33. The maximum Gasteiger partial charge on any atom is 0.220 e. The van der Waals surface area contributed by atoms with Crippen LogP contribution in [0.2, 0.25) is 0 Å². The van der Waals surface area contributed by atoms with Gasteiger partial charge in [0.1, 0.15) is 5.75 Å². The second-order valence-electron chi connectivity index (χ2n) is 3.36. The van der Waals surface area contributed by atoms with Crippen LogP contribution in [0.3, 0.4) is 0 Å². The molecule has 0 spiro atoms. The van der Waals surface area contributed by atoms with Gasteiger partial charge in [-0.15, -0.1) is 6.58 Å². The van der Waals surface area contributed by atoms with Gasteiger partial charge in [-0.1, -0.05) is 24.3 Å². The molecule has 0 unspecified atom stereocenters. The van der Waals surface area contributed by atoms with E-state index >= 15 is 0 Å². The number of nitrogens with one attached hydrogen (secondary N) is 1. The van der Waals surface area contributed by atoms with Gasteiger partial charge in [0.05, 0.1) is 6.61 Å². The normalized spacial score (nSPS) is 9.50. The van der Waals surface area contributed by atoms with Gasteiger partial charge in [0.15, 0.2) is 0 Å². The number of carbonyl (C=O) groups is 1. The molecule has 1 amide bonds. The summed E-state index contributed by atoms with van der Waals surface area (Å²) in [5.41, 5.74) is 0. The van der Waals surface area contributed by atoms with E-state index in [9.17, 15) is 4.79 Å². The summed E-state index contributed by atoms with van der Waals surface area (Å²) >= 11 is 0. The predicted molar refractivity (Wildman–Crippen MR) is 64.4 cm³/mol. The first-order chi connectivity index (χ1) is 7.83. The average molecular weight is 219 g/mol. The van der Waals surface area contributed by atoms with Crippen molar-refractivity contribution in [2.45, 2.75) is 12.8 Å². The monoisotopic (exact) mass is 219 g/mol. The Bertz CT molecular complexity index is 322. The predicted octanol–water partition coefficient (Wildman–Crippen LogP) is 2.15. The Hall–Kier alpha value is -1.77. The Morgan fingerprint density at radius 1 is 1.38 bits per heavy atom. The molecule has 0 atom stereocenters. The molecule has 0 fully saturated rings. The molecule has 1 aromatic rings. The zero-order chi connectivity index (χ0) is 11.6. The molecule has 0 aromatic heterocycles. The van der Waals surface area contributed by atoms with E-state index in [1.165, 1.54) is 0 Å². The summed E-state index contributed by atoms with van der Waals surface area (Å²) < 4.78 is 5.46. The standard InChI is InChI=1S/C13H17NO2/c1-2-10-14-13(15)9-6-11-16-12-7-4-3-5-8-12/h2-5,7-8H,1,6,9-11H2,(H,14,15). The van der Waals surface area contributed by atoms with Gasteiger partial charge >= 0.3 is 0 Å². The molecule has 0 aliphatic rings. The molecule has 16 heavy (non-hydrogen) atoms. The van der Waals surface area contributed by atoms with E-state index in [2.05, 4.69) is 11.9 Å². The van der Waals surface area contributed by atoms with Crippen molar-refractivity contribution in [2.75, 3.05) is 13.2 Å². The van der Waals surface area contributed by atoms with Crippen molar-refractivity contribution in [3.8, 4) is 5.75 Å². The van der Waals surface area contributed by atoms with Gasteiger partial charge in [0.2, 0.25) is 5.91 Å². The van der Waals surface area contributed by atoms with E-state index in [1.54, 1.807) is 6.08 Å². The number of rotatable bonds is 7. The van der Waals surface area contributed by atoms with Crippen LogP contribution in [0.15, 0.2) is 43.0 Å². The zero-order valence-corrected chi connectivity index (χ0v) is 9.32. The van der Waals surface area contributed by atoms with Crippen LogP contribution in [0.1, 0.15) is 12.8 Å². The molecule has 0 aliphatic carbocycles. The van der Waals surface area contributed by atoms with Crippen LogP contribution in [0.5, 0.6) is 5.75 Å². The first-order valence-corrected chi connectivity index (χ1v) is 5.38. The molecule has 0 aliphatic heterocycles. The molecular weight excluding hydrogens is 202 g/mol. The highest BCUT2D eigenvalue weighted by Crippen LogP contribution is 2.08. The van der Waals surface area contributed by atoms with Crippen LogP contribution >= 0.6 is 0 Å². The molecule has 3 nitrogen and oxygen atoms in total.